The van der Waals surface area contributed by atoms with Gasteiger partial charge in [0.05, 0.1) is 19.6 Å². The molecule has 4 aromatic carbocycles. The molecule has 532 valence electrons. The molecular weight excluding hydrogens is 1280 g/mol. The summed E-state index contributed by atoms with van der Waals surface area (Å²) in [6.07, 6.45) is 38.9. The molecule has 0 aliphatic rings. The molecule has 0 amide bonds. The van der Waals surface area contributed by atoms with Gasteiger partial charge >= 0.3 is 0 Å². The van der Waals surface area contributed by atoms with Gasteiger partial charge in [-0.05, 0) is 120 Å². The van der Waals surface area contributed by atoms with Crippen molar-refractivity contribution in [2.75, 3.05) is 0 Å². The number of hydrogen-bond acceptors (Lipinski definition) is 8. The molecule has 4 unspecified atom stereocenters. The first-order valence-electron chi connectivity index (χ1n) is 35.8. The van der Waals surface area contributed by atoms with Gasteiger partial charge in [-0.1, -0.05) is 336 Å². The average Bonchev–Trinajstić information content (AvgIpc) is 1.95. The molecule has 4 atom stereocenters. The first-order chi connectivity index (χ1) is 43.5. The zero-order valence-electron chi connectivity index (χ0n) is 59.7. The normalized spacial score (nSPS) is 13.3. The van der Waals surface area contributed by atoms with E-state index in [0.29, 0.717) is 23.7 Å². The quantitative estimate of drug-likeness (QED) is 0.0185. The molecule has 0 saturated heterocycles. The van der Waals surface area contributed by atoms with Crippen molar-refractivity contribution in [2.24, 2.45) is 23.7 Å². The molecule has 0 heterocycles. The molecule has 0 bridgehead atoms. The summed E-state index contributed by atoms with van der Waals surface area (Å²) in [5.74, 6) is 2.06. The Morgan fingerprint density at radius 3 is 0.527 bits per heavy atom. The maximum absolute atomic E-state index is 11.6. The third kappa shape index (κ3) is 38.3. The Kier molecular flexibility index (Phi) is 49.0. The van der Waals surface area contributed by atoms with Crippen molar-refractivity contribution in [1.29, 1.82) is 0 Å². The van der Waals surface area contributed by atoms with Gasteiger partial charge in [-0.3, -0.25) is 18.2 Å². The van der Waals surface area contributed by atoms with Crippen LogP contribution in [0.2, 0.25) is 0 Å². The van der Waals surface area contributed by atoms with Crippen LogP contribution >= 0.6 is 0 Å². The SMILES string of the molecule is CCCCCCCCCC(c1ccccc1S(=O)(=O)O)C(C)C.CCCCCCCCCC(c1ccccc1S(=O)(=O)O)C(C)C.CCCCCCCCCC(c1ccccc1S(=O)(=O)O)C(C)C.CCCCCCCCCC(c1ccccc1S(=O)(=O)O)C(C)C.[Ti]. The van der Waals surface area contributed by atoms with Crippen LogP contribution in [-0.2, 0) is 62.2 Å². The van der Waals surface area contributed by atoms with Crippen LogP contribution in [0.5, 0.6) is 0 Å². The first-order valence-corrected chi connectivity index (χ1v) is 41.5. The Morgan fingerprint density at radius 1 is 0.247 bits per heavy atom. The monoisotopic (exact) mass is 1410 g/mol. The summed E-state index contributed by atoms with van der Waals surface area (Å²) in [5.41, 5.74) is 3.04. The van der Waals surface area contributed by atoms with Crippen LogP contribution in [0.3, 0.4) is 0 Å². The Hall–Kier alpha value is -2.77. The number of hydrogen-bond donors (Lipinski definition) is 4. The fourth-order valence-electron chi connectivity index (χ4n) is 12.8. The molecule has 93 heavy (non-hydrogen) atoms. The van der Waals surface area contributed by atoms with Gasteiger partial charge < -0.3 is 0 Å². The average molecular weight is 1410 g/mol. The summed E-state index contributed by atoms with van der Waals surface area (Å²) < 4.78 is 131. The van der Waals surface area contributed by atoms with Crippen molar-refractivity contribution in [1.82, 2.24) is 0 Å². The molecular formula is C76H128O12S4Ti. The van der Waals surface area contributed by atoms with Crippen LogP contribution in [0.1, 0.15) is 334 Å². The van der Waals surface area contributed by atoms with E-state index in [2.05, 4.69) is 83.1 Å². The zero-order valence-corrected chi connectivity index (χ0v) is 64.5. The molecule has 4 aromatic rings. The second kappa shape index (κ2) is 50.5. The molecule has 0 fully saturated rings. The minimum absolute atomic E-state index is 0. The summed E-state index contributed by atoms with van der Waals surface area (Å²) in [7, 11) is -16.6. The molecule has 4 N–H and O–H groups in total. The van der Waals surface area contributed by atoms with E-state index in [1.54, 1.807) is 24.3 Å². The van der Waals surface area contributed by atoms with E-state index >= 15 is 0 Å². The summed E-state index contributed by atoms with van der Waals surface area (Å²) in [6, 6.07) is 27.5. The zero-order chi connectivity index (χ0) is 69.2. The van der Waals surface area contributed by atoms with Gasteiger partial charge in [0.1, 0.15) is 0 Å². The van der Waals surface area contributed by atoms with Gasteiger partial charge in [0.25, 0.3) is 40.5 Å². The van der Waals surface area contributed by atoms with Crippen LogP contribution in [0.15, 0.2) is 117 Å². The summed E-state index contributed by atoms with van der Waals surface area (Å²) in [4.78, 5) is 0.284. The first kappa shape index (κ1) is 90.2. The maximum atomic E-state index is 11.6. The predicted octanol–water partition coefficient (Wildman–Crippen LogP) is 23.3. The van der Waals surface area contributed by atoms with Gasteiger partial charge in [-0.2, -0.15) is 33.7 Å². The van der Waals surface area contributed by atoms with Crippen LogP contribution in [-0.4, -0.2) is 51.9 Å². The van der Waals surface area contributed by atoms with E-state index in [-0.39, 0.29) is 65.0 Å². The van der Waals surface area contributed by atoms with E-state index < -0.39 is 40.5 Å². The van der Waals surface area contributed by atoms with E-state index in [0.717, 1.165) is 73.6 Å². The van der Waals surface area contributed by atoms with Gasteiger partial charge in [0.15, 0.2) is 0 Å². The van der Waals surface area contributed by atoms with Crippen molar-refractivity contribution in [3.8, 4) is 0 Å². The molecule has 17 heteroatoms. The molecule has 0 aromatic heterocycles. The van der Waals surface area contributed by atoms with Gasteiger partial charge in [0, 0.05) is 21.7 Å². The van der Waals surface area contributed by atoms with Gasteiger partial charge in [0.2, 0.25) is 0 Å². The van der Waals surface area contributed by atoms with Crippen LogP contribution in [0, 0.1) is 23.7 Å². The fraction of sp³-hybridized carbons (Fsp3) is 0.684. The largest absolute Gasteiger partial charge is 0.294 e. The Balaban J connectivity index is 0.00000121. The van der Waals surface area contributed by atoms with Gasteiger partial charge in [-0.25, -0.2) is 0 Å². The van der Waals surface area contributed by atoms with E-state index in [4.69, 9.17) is 0 Å². The van der Waals surface area contributed by atoms with Crippen LogP contribution < -0.4 is 0 Å². The number of rotatable bonds is 44. The van der Waals surface area contributed by atoms with E-state index in [9.17, 15) is 51.9 Å². The minimum Gasteiger partial charge on any atom is -0.282 e. The number of benzene rings is 4. The maximum Gasteiger partial charge on any atom is 0.294 e. The van der Waals surface area contributed by atoms with Crippen molar-refractivity contribution < 1.29 is 73.6 Å². The van der Waals surface area contributed by atoms with Crippen molar-refractivity contribution in [3.05, 3.63) is 119 Å². The topological polar surface area (TPSA) is 217 Å². The van der Waals surface area contributed by atoms with Crippen LogP contribution in [0.25, 0.3) is 0 Å². The molecule has 0 spiro atoms. The summed E-state index contributed by atoms with van der Waals surface area (Å²) in [6.45, 7) is 25.8. The smallest absolute Gasteiger partial charge is 0.282 e. The molecule has 0 aliphatic carbocycles. The molecule has 12 nitrogen and oxygen atoms in total. The van der Waals surface area contributed by atoms with Crippen molar-refractivity contribution in [3.63, 3.8) is 0 Å². The molecule has 0 radical (unpaired) electrons. The van der Waals surface area contributed by atoms with Crippen molar-refractivity contribution >= 4 is 40.5 Å². The minimum atomic E-state index is -4.16. The van der Waals surface area contributed by atoms with E-state index in [1.165, 1.54) is 178 Å². The second-order valence-corrected chi connectivity index (χ2v) is 32.7. The van der Waals surface area contributed by atoms with Gasteiger partial charge in [-0.15, -0.1) is 0 Å². The Morgan fingerprint density at radius 2 is 0.387 bits per heavy atom. The molecule has 0 saturated carbocycles. The Bertz CT molecular complexity index is 2610. The molecule has 0 aliphatic heterocycles. The summed E-state index contributed by atoms with van der Waals surface area (Å²) >= 11 is 0. The number of unbranched alkanes of at least 4 members (excludes halogenated alkanes) is 24. The molecule has 4 rings (SSSR count). The fourth-order valence-corrected chi connectivity index (χ4v) is 15.8. The van der Waals surface area contributed by atoms with E-state index in [1.807, 2.05) is 48.5 Å². The Labute approximate surface area is 584 Å². The van der Waals surface area contributed by atoms with Crippen molar-refractivity contribution in [2.45, 2.75) is 332 Å². The van der Waals surface area contributed by atoms with Crippen LogP contribution in [0.4, 0.5) is 0 Å². The predicted molar refractivity (Wildman–Crippen MR) is 386 cm³/mol. The second-order valence-electron chi connectivity index (χ2n) is 27.1. The third-order valence-corrected chi connectivity index (χ3v) is 21.8. The summed E-state index contributed by atoms with van der Waals surface area (Å²) in [5, 5.41) is 0. The standard InChI is InChI=1S/4C19H32O3S.Ti/c4*1-4-5-6-7-8-9-10-13-17(16(2)3)18-14-11-12-15-19(18)23(20,21)22;/h4*11-12,14-17H,4-10,13H2,1-3H3,(H,20,21,22);. The third-order valence-electron chi connectivity index (χ3n) is 18.1.